The van der Waals surface area contributed by atoms with Crippen molar-refractivity contribution in [2.24, 2.45) is 17.4 Å². The Labute approximate surface area is 565 Å². The van der Waals surface area contributed by atoms with Crippen molar-refractivity contribution in [2.75, 3.05) is 31.1 Å². The van der Waals surface area contributed by atoms with E-state index in [0.29, 0.717) is 75.5 Å². The van der Waals surface area contributed by atoms with Gasteiger partial charge in [0.15, 0.2) is 5.78 Å². The van der Waals surface area contributed by atoms with Gasteiger partial charge in [-0.2, -0.15) is 23.5 Å². The number of aromatic hydroxyl groups is 1. The average Bonchev–Trinajstić information content (AvgIpc) is 1.71. The number of phenolic OH excluding ortho intramolecular Hbond substituents is 1. The molecule has 0 spiro atoms. The molecule has 97 heavy (non-hydrogen) atoms. The lowest BCUT2D eigenvalue weighted by atomic mass is 9.90. The molecule has 2 bridgehead atoms. The summed E-state index contributed by atoms with van der Waals surface area (Å²) in [6.07, 6.45) is 1.69. The predicted molar refractivity (Wildman–Crippen MR) is 357 cm³/mol. The molecule has 23 nitrogen and oxygen atoms in total. The van der Waals surface area contributed by atoms with Crippen LogP contribution in [0.3, 0.4) is 0 Å². The number of aromatic amines is 2. The van der Waals surface area contributed by atoms with Crippen LogP contribution < -0.4 is 43.4 Å². The average molecular weight is 1380 g/mol. The number of H-pyrrole nitrogens is 2. The number of amides is 9. The van der Waals surface area contributed by atoms with E-state index in [1.54, 1.807) is 0 Å². The van der Waals surface area contributed by atoms with E-state index in [4.69, 9.17) is 11.5 Å². The van der Waals surface area contributed by atoms with Crippen LogP contribution in [0, 0.1) is 17.6 Å². The molecule has 9 atom stereocenters. The summed E-state index contributed by atoms with van der Waals surface area (Å²) in [5.41, 5.74) is 15.3. The van der Waals surface area contributed by atoms with Gasteiger partial charge in [-0.1, -0.05) is 36.4 Å². The molecular formula is C68H80F4N12O11S2. The molecule has 518 valence electrons. The summed E-state index contributed by atoms with van der Waals surface area (Å²) >= 11 is 2.80. The molecule has 0 aliphatic carbocycles. The lowest BCUT2D eigenvalue weighted by Gasteiger charge is -2.31. The minimum absolute atomic E-state index is 0.0157. The number of hydrogen-bond donors (Lipinski definition) is 11. The van der Waals surface area contributed by atoms with E-state index in [2.05, 4.69) is 41.9 Å². The number of benzene rings is 4. The smallest absolute Gasteiger partial charge is 0.267 e. The highest BCUT2D eigenvalue weighted by Crippen LogP contribution is 2.34. The Morgan fingerprint density at radius 2 is 1.26 bits per heavy atom. The highest BCUT2D eigenvalue weighted by atomic mass is 32.2. The molecule has 9 rings (SSSR count). The van der Waals surface area contributed by atoms with Crippen LogP contribution in [0.5, 0.6) is 5.75 Å². The molecule has 2 fully saturated rings. The summed E-state index contributed by atoms with van der Waals surface area (Å²) in [5.74, 6) is -13.7. The maximum Gasteiger partial charge on any atom is 0.267 e. The number of rotatable bonds is 11. The Balaban J connectivity index is 1.04. The molecule has 3 aliphatic heterocycles. The quantitative estimate of drug-likeness (QED) is 0.0624. The topological polar surface area (TPSA) is 353 Å². The molecule has 29 heteroatoms. The van der Waals surface area contributed by atoms with Crippen molar-refractivity contribution in [3.63, 3.8) is 0 Å². The second-order valence-corrected chi connectivity index (χ2v) is 27.1. The minimum Gasteiger partial charge on any atom is -0.508 e. The number of primary amides is 1. The Kier molecular flexibility index (Phi) is 24.5. The molecule has 6 aromatic rings. The van der Waals surface area contributed by atoms with Crippen molar-refractivity contribution < 1.29 is 70.6 Å². The third-order valence-corrected chi connectivity index (χ3v) is 19.7. The van der Waals surface area contributed by atoms with E-state index >= 15 is 18.4 Å². The zero-order chi connectivity index (χ0) is 69.7. The number of phenols is 1. The summed E-state index contributed by atoms with van der Waals surface area (Å²) in [6, 6.07) is 9.44. The number of thioether (sulfide) groups is 2. The summed E-state index contributed by atoms with van der Waals surface area (Å²) in [7, 11) is 0. The van der Waals surface area contributed by atoms with Gasteiger partial charge in [0.25, 0.3) is 5.92 Å². The predicted octanol–water partition coefficient (Wildman–Crippen LogP) is 4.60. The van der Waals surface area contributed by atoms with Crippen molar-refractivity contribution in [3.05, 3.63) is 137 Å². The van der Waals surface area contributed by atoms with E-state index in [1.165, 1.54) is 109 Å². The first-order chi connectivity index (χ1) is 46.3. The van der Waals surface area contributed by atoms with Crippen LogP contribution in [0.1, 0.15) is 93.0 Å². The molecule has 3 aliphatic rings. The Morgan fingerprint density at radius 1 is 0.649 bits per heavy atom. The monoisotopic (exact) mass is 1380 g/mol. The van der Waals surface area contributed by atoms with Crippen molar-refractivity contribution in [2.45, 2.75) is 150 Å². The Bertz CT molecular complexity index is 3890. The number of nitrogens with one attached hydrogen (secondary N) is 8. The summed E-state index contributed by atoms with van der Waals surface area (Å²) in [5, 5.41) is 26.6. The van der Waals surface area contributed by atoms with Crippen molar-refractivity contribution in [3.8, 4) is 5.75 Å². The lowest BCUT2D eigenvalue weighted by molar-refractivity contribution is -0.143. The first kappa shape index (κ1) is 72.3. The van der Waals surface area contributed by atoms with E-state index in [1.807, 2.05) is 24.3 Å². The highest BCUT2D eigenvalue weighted by Gasteiger charge is 2.52. The maximum absolute atomic E-state index is 16.0. The zero-order valence-electron chi connectivity index (χ0n) is 53.6. The fraction of sp³-hybridized carbons (Fsp3) is 0.441. The summed E-state index contributed by atoms with van der Waals surface area (Å²) in [6.45, 7) is 1.60. The van der Waals surface area contributed by atoms with Crippen LogP contribution in [0.2, 0.25) is 0 Å². The van der Waals surface area contributed by atoms with Gasteiger partial charge in [0.1, 0.15) is 59.7 Å². The molecule has 9 amide bonds. The number of hydrogen-bond acceptors (Lipinski definition) is 14. The molecule has 4 aromatic carbocycles. The first-order valence-electron chi connectivity index (χ1n) is 32.2. The van der Waals surface area contributed by atoms with Crippen LogP contribution in [0.15, 0.2) is 97.3 Å². The number of Topliss-reactive ketones (excluding diaryl/α,β-unsaturated/α-hetero) is 1. The van der Waals surface area contributed by atoms with Crippen molar-refractivity contribution in [1.82, 2.24) is 51.7 Å². The number of carbonyl (C=O) groups excluding carboxylic acids is 10. The highest BCUT2D eigenvalue weighted by molar-refractivity contribution is 7.98. The fourth-order valence-corrected chi connectivity index (χ4v) is 14.3. The molecule has 0 unspecified atom stereocenters. The molecule has 0 saturated carbocycles. The molecular weight excluding hydrogens is 1300 g/mol. The first-order valence-corrected chi connectivity index (χ1v) is 34.5. The number of nitrogens with zero attached hydrogens (tertiary/aromatic N) is 2. The number of nitrogens with two attached hydrogens (primary N) is 2. The second-order valence-electron chi connectivity index (χ2n) is 25.0. The van der Waals surface area contributed by atoms with Gasteiger partial charge < -0.3 is 68.2 Å². The van der Waals surface area contributed by atoms with Gasteiger partial charge in [-0.3, -0.25) is 47.9 Å². The lowest BCUT2D eigenvalue weighted by Crippen LogP contribution is -2.59. The van der Waals surface area contributed by atoms with Crippen LogP contribution in [-0.4, -0.2) is 169 Å². The Morgan fingerprint density at radius 3 is 1.92 bits per heavy atom. The maximum atomic E-state index is 16.0. The van der Waals surface area contributed by atoms with Gasteiger partial charge >= 0.3 is 0 Å². The van der Waals surface area contributed by atoms with Gasteiger partial charge in [-0.15, -0.1) is 0 Å². The fourth-order valence-electron chi connectivity index (χ4n) is 12.4. The van der Waals surface area contributed by atoms with E-state index < -0.39 is 157 Å². The number of unbranched alkanes of at least 4 members (excludes halogenated alkanes) is 1. The minimum atomic E-state index is -3.73. The van der Waals surface area contributed by atoms with Gasteiger partial charge in [0.2, 0.25) is 53.2 Å². The van der Waals surface area contributed by atoms with Crippen LogP contribution in [0.25, 0.3) is 21.8 Å². The number of aromatic nitrogens is 2. The normalized spacial score (nSPS) is 24.5. The van der Waals surface area contributed by atoms with Crippen LogP contribution >= 0.6 is 23.5 Å². The number of halogens is 4. The molecule has 0 radical (unpaired) electrons. The van der Waals surface area contributed by atoms with E-state index in [-0.39, 0.29) is 61.1 Å². The van der Waals surface area contributed by atoms with Crippen molar-refractivity contribution in [1.29, 1.82) is 0 Å². The van der Waals surface area contributed by atoms with Gasteiger partial charge in [-0.05, 0) is 135 Å². The van der Waals surface area contributed by atoms with Crippen LogP contribution in [0.4, 0.5) is 17.6 Å². The number of ketones is 1. The van der Waals surface area contributed by atoms with E-state index in [0.717, 1.165) is 17.2 Å². The third kappa shape index (κ3) is 19.2. The summed E-state index contributed by atoms with van der Waals surface area (Å²) in [4.78, 5) is 151. The molecule has 13 N–H and O–H groups in total. The van der Waals surface area contributed by atoms with Crippen molar-refractivity contribution >= 4 is 104 Å². The second kappa shape index (κ2) is 32.9. The number of fused-ring (bicyclic) bond motifs is 6. The summed E-state index contributed by atoms with van der Waals surface area (Å²) < 4.78 is 61.8. The number of alkyl halides is 2. The molecule has 5 heterocycles. The van der Waals surface area contributed by atoms with Gasteiger partial charge in [0.05, 0.1) is 12.6 Å². The SMILES string of the molecule is C[C@@H]1NC(=O)[C@@H]2CC(F)(F)CN2C(=O)[C@H](Cc2c[nH]c3ccc(F)cc23)NC(=O)[C@H](Cc2c[nH]c3ccc(F)cc23)CC(=O)[C@@H](C)NC(=O)[C@H](CCCCN)NC(=O)CCSCc2cccc(c2)CSC[C@@H](C(N)=O)NC(=O)[C@@H]2CCCN2C(=O)[C@H](Cc2ccc(O)cc2)NC1=O. The molecule has 2 aromatic heterocycles. The Hall–Kier alpha value is -8.96. The zero-order valence-corrected chi connectivity index (χ0v) is 55.2. The standard InChI is InChI=1S/C68H80F4N12O11S2/c1-37-58(86)27-42(25-43-31-75-50-17-13-45(69)28-48(43)50)62(90)81-54(26-44-32-76-51-18-14-46(70)29-49(44)51)67(95)84-36-68(71,72)30-57(84)65(93)78-38(2)61(89)80-53(24-39-11-15-47(85)16-12-39)66(94)83-21-6-10-56(83)64(92)82-55(60(74)88)35-97-34-41-8-5-7-40(23-41)33-96-22-19-59(87)79-52(63(91)77-37)9-3-4-20-73/h5,7-8,11-18,23,28-29,31-32,37-38,42,52-57,75-76,85H,3-4,6,9-10,19-22,24-27,30,33-36,73H2,1-2H3,(H2,74,88)(H,77,91)(H,78,93)(H,79,87)(H,80,89)(H,81,90)(H,82,92)/t37-,38+,42-,52+,53+,54+,55+,56+,57+/m1/s1. The van der Waals surface area contributed by atoms with Gasteiger partial charge in [-0.25, -0.2) is 17.6 Å². The third-order valence-electron chi connectivity index (χ3n) is 17.6. The van der Waals surface area contributed by atoms with Crippen LogP contribution in [-0.2, 0) is 78.7 Å². The van der Waals surface area contributed by atoms with Gasteiger partial charge in [0, 0.05) is 102 Å². The number of carbonyl (C=O) groups is 10. The molecule has 2 saturated heterocycles. The largest absolute Gasteiger partial charge is 0.508 e. The van der Waals surface area contributed by atoms with E-state index in [9.17, 15) is 52.2 Å².